The number of nitrogens with one attached hydrogen (secondary N) is 2. The summed E-state index contributed by atoms with van der Waals surface area (Å²) in [7, 11) is 1.66. The first-order valence-electron chi connectivity index (χ1n) is 8.36. The van der Waals surface area contributed by atoms with Gasteiger partial charge in [-0.05, 0) is 37.1 Å². The first kappa shape index (κ1) is 16.6. The Labute approximate surface area is 141 Å². The van der Waals surface area contributed by atoms with Gasteiger partial charge in [0.1, 0.15) is 5.75 Å². The molecular formula is C17H24N4O3. The Morgan fingerprint density at radius 2 is 1.79 bits per heavy atom. The number of imide groups is 1. The maximum Gasteiger partial charge on any atom is 0.321 e. The van der Waals surface area contributed by atoms with Gasteiger partial charge >= 0.3 is 6.03 Å². The van der Waals surface area contributed by atoms with Crippen LogP contribution in [-0.4, -0.2) is 62.7 Å². The number of rotatable bonds is 5. The van der Waals surface area contributed by atoms with Crippen molar-refractivity contribution < 1.29 is 14.3 Å². The van der Waals surface area contributed by atoms with E-state index >= 15 is 0 Å². The van der Waals surface area contributed by atoms with E-state index in [9.17, 15) is 9.59 Å². The van der Waals surface area contributed by atoms with Gasteiger partial charge in [0.2, 0.25) is 5.91 Å². The van der Waals surface area contributed by atoms with Gasteiger partial charge < -0.3 is 15.0 Å². The molecule has 0 radical (unpaired) electrons. The van der Waals surface area contributed by atoms with Gasteiger partial charge in [0, 0.05) is 37.9 Å². The van der Waals surface area contributed by atoms with Crippen LogP contribution in [-0.2, 0) is 4.79 Å². The van der Waals surface area contributed by atoms with Crippen LogP contribution in [0.1, 0.15) is 12.8 Å². The van der Waals surface area contributed by atoms with E-state index in [0.717, 1.165) is 50.5 Å². The van der Waals surface area contributed by atoms with E-state index < -0.39 is 0 Å². The summed E-state index contributed by atoms with van der Waals surface area (Å²) in [4.78, 5) is 27.8. The average Bonchev–Trinajstić information content (AvgIpc) is 3.39. The molecule has 1 aliphatic heterocycles. The standard InChI is InChI=1S/C17H24N4O3/c1-24-15-6-4-14(5-7-15)21-10-8-20(9-11-21)12-16(22)19-17(23)18-13-2-3-13/h4-7,13H,2-3,8-12H2,1H3,(H2,18,19,22,23). The number of carbonyl (C=O) groups excluding carboxylic acids is 2. The SMILES string of the molecule is COc1ccc(N2CCN(CC(=O)NC(=O)NC3CC3)CC2)cc1. The van der Waals surface area contributed by atoms with Crippen LogP contribution < -0.4 is 20.3 Å². The molecule has 3 amide bonds. The van der Waals surface area contributed by atoms with E-state index in [4.69, 9.17) is 4.74 Å². The van der Waals surface area contributed by atoms with E-state index in [1.807, 2.05) is 24.3 Å². The van der Waals surface area contributed by atoms with Crippen molar-refractivity contribution in [2.24, 2.45) is 0 Å². The van der Waals surface area contributed by atoms with Crippen LogP contribution in [0.2, 0.25) is 0 Å². The smallest absolute Gasteiger partial charge is 0.321 e. The lowest BCUT2D eigenvalue weighted by atomic mass is 10.2. The number of anilines is 1. The second kappa shape index (κ2) is 7.53. The molecule has 0 atom stereocenters. The molecule has 0 aromatic heterocycles. The first-order valence-corrected chi connectivity index (χ1v) is 8.36. The molecule has 2 fully saturated rings. The number of amides is 3. The highest BCUT2D eigenvalue weighted by Gasteiger charge is 2.25. The second-order valence-corrected chi connectivity index (χ2v) is 6.26. The zero-order chi connectivity index (χ0) is 16.9. The lowest BCUT2D eigenvalue weighted by Crippen LogP contribution is -2.51. The predicted octanol–water partition coefficient (Wildman–Crippen LogP) is 0.805. The maximum absolute atomic E-state index is 11.9. The van der Waals surface area contributed by atoms with Crippen molar-refractivity contribution in [1.29, 1.82) is 0 Å². The average molecular weight is 332 g/mol. The molecule has 3 rings (SSSR count). The normalized spacial score (nSPS) is 18.1. The van der Waals surface area contributed by atoms with E-state index in [2.05, 4.69) is 20.4 Å². The van der Waals surface area contributed by atoms with Crippen LogP contribution in [0.4, 0.5) is 10.5 Å². The highest BCUT2D eigenvalue weighted by molar-refractivity contribution is 5.95. The zero-order valence-electron chi connectivity index (χ0n) is 14.0. The molecule has 0 spiro atoms. The van der Waals surface area contributed by atoms with Crippen molar-refractivity contribution in [3.8, 4) is 5.75 Å². The number of methoxy groups -OCH3 is 1. The summed E-state index contributed by atoms with van der Waals surface area (Å²) in [5.41, 5.74) is 1.16. The van der Waals surface area contributed by atoms with Crippen LogP contribution in [0.15, 0.2) is 24.3 Å². The molecule has 2 aliphatic rings. The zero-order valence-corrected chi connectivity index (χ0v) is 14.0. The van der Waals surface area contributed by atoms with Crippen molar-refractivity contribution in [2.45, 2.75) is 18.9 Å². The molecule has 1 aromatic carbocycles. The monoisotopic (exact) mass is 332 g/mol. The number of urea groups is 1. The van der Waals surface area contributed by atoms with Gasteiger partial charge in [0.05, 0.1) is 13.7 Å². The molecule has 24 heavy (non-hydrogen) atoms. The Balaban J connectivity index is 1.40. The second-order valence-electron chi connectivity index (χ2n) is 6.26. The number of hydrogen-bond donors (Lipinski definition) is 2. The molecule has 130 valence electrons. The topological polar surface area (TPSA) is 73.9 Å². The van der Waals surface area contributed by atoms with Crippen LogP contribution in [0, 0.1) is 0 Å². The van der Waals surface area contributed by atoms with Crippen molar-refractivity contribution in [3.63, 3.8) is 0 Å². The van der Waals surface area contributed by atoms with E-state index in [0.29, 0.717) is 0 Å². The minimum absolute atomic E-state index is 0.244. The van der Waals surface area contributed by atoms with Crippen LogP contribution >= 0.6 is 0 Å². The highest BCUT2D eigenvalue weighted by Crippen LogP contribution is 2.20. The Kier molecular flexibility index (Phi) is 5.20. The number of nitrogens with zero attached hydrogens (tertiary/aromatic N) is 2. The summed E-state index contributed by atoms with van der Waals surface area (Å²) in [6.07, 6.45) is 2.02. The fraction of sp³-hybridized carbons (Fsp3) is 0.529. The van der Waals surface area contributed by atoms with Gasteiger partial charge in [-0.2, -0.15) is 0 Å². The number of ether oxygens (including phenoxy) is 1. The molecule has 0 unspecified atom stereocenters. The van der Waals surface area contributed by atoms with Crippen LogP contribution in [0.5, 0.6) is 5.75 Å². The summed E-state index contributed by atoms with van der Waals surface area (Å²) >= 11 is 0. The fourth-order valence-electron chi connectivity index (χ4n) is 2.78. The molecule has 1 saturated heterocycles. The van der Waals surface area contributed by atoms with Gasteiger partial charge in [-0.25, -0.2) is 4.79 Å². The van der Waals surface area contributed by atoms with Crippen molar-refractivity contribution >= 4 is 17.6 Å². The number of hydrogen-bond acceptors (Lipinski definition) is 5. The van der Waals surface area contributed by atoms with E-state index in [1.54, 1.807) is 7.11 Å². The van der Waals surface area contributed by atoms with E-state index in [-0.39, 0.29) is 24.5 Å². The number of benzene rings is 1. The minimum Gasteiger partial charge on any atom is -0.497 e. The number of carbonyl (C=O) groups is 2. The molecule has 2 N–H and O–H groups in total. The van der Waals surface area contributed by atoms with E-state index in [1.165, 1.54) is 0 Å². The van der Waals surface area contributed by atoms with Gasteiger partial charge in [-0.1, -0.05) is 0 Å². The maximum atomic E-state index is 11.9. The number of piperazine rings is 1. The Morgan fingerprint density at radius 3 is 2.38 bits per heavy atom. The molecule has 1 aromatic rings. The lowest BCUT2D eigenvalue weighted by Gasteiger charge is -2.35. The Bertz CT molecular complexity index is 578. The molecule has 0 bridgehead atoms. The largest absolute Gasteiger partial charge is 0.497 e. The van der Waals surface area contributed by atoms with Gasteiger partial charge in [0.25, 0.3) is 0 Å². The quantitative estimate of drug-likeness (QED) is 0.835. The predicted molar refractivity (Wildman–Crippen MR) is 91.3 cm³/mol. The van der Waals surface area contributed by atoms with Crippen LogP contribution in [0.25, 0.3) is 0 Å². The highest BCUT2D eigenvalue weighted by atomic mass is 16.5. The summed E-state index contributed by atoms with van der Waals surface area (Å²) in [6, 6.07) is 7.87. The summed E-state index contributed by atoms with van der Waals surface area (Å²) in [6.45, 7) is 3.56. The van der Waals surface area contributed by atoms with Crippen LogP contribution in [0.3, 0.4) is 0 Å². The fourth-order valence-corrected chi connectivity index (χ4v) is 2.78. The van der Waals surface area contributed by atoms with Gasteiger partial charge in [-0.3, -0.25) is 15.0 Å². The molecular weight excluding hydrogens is 308 g/mol. The molecule has 1 saturated carbocycles. The summed E-state index contributed by atoms with van der Waals surface area (Å²) in [5, 5.41) is 5.15. The van der Waals surface area contributed by atoms with Crippen molar-refractivity contribution in [3.05, 3.63) is 24.3 Å². The summed E-state index contributed by atoms with van der Waals surface area (Å²) < 4.78 is 5.17. The third-order valence-corrected chi connectivity index (χ3v) is 4.34. The van der Waals surface area contributed by atoms with Crippen molar-refractivity contribution in [1.82, 2.24) is 15.5 Å². The lowest BCUT2D eigenvalue weighted by molar-refractivity contribution is -0.121. The molecule has 7 nitrogen and oxygen atoms in total. The Morgan fingerprint density at radius 1 is 1.12 bits per heavy atom. The van der Waals surface area contributed by atoms with Gasteiger partial charge in [0.15, 0.2) is 0 Å². The van der Waals surface area contributed by atoms with Crippen molar-refractivity contribution in [2.75, 3.05) is 44.7 Å². The molecule has 1 aliphatic carbocycles. The third-order valence-electron chi connectivity index (χ3n) is 4.34. The first-order chi connectivity index (χ1) is 11.6. The summed E-state index contributed by atoms with van der Waals surface area (Å²) in [5.74, 6) is 0.601. The van der Waals surface area contributed by atoms with Gasteiger partial charge in [-0.15, -0.1) is 0 Å². The molecule has 1 heterocycles. The Hall–Kier alpha value is -2.28. The molecule has 7 heteroatoms. The minimum atomic E-state index is -0.376. The third kappa shape index (κ3) is 4.61.